The average molecular weight is 285 g/mol. The van der Waals surface area contributed by atoms with Crippen molar-refractivity contribution in [1.29, 1.82) is 0 Å². The molecule has 0 heterocycles. The summed E-state index contributed by atoms with van der Waals surface area (Å²) in [6.45, 7) is 4.19. The number of carboxylic acids is 1. The highest BCUT2D eigenvalue weighted by Crippen LogP contribution is 2.27. The van der Waals surface area contributed by atoms with Gasteiger partial charge in [0.15, 0.2) is 0 Å². The van der Waals surface area contributed by atoms with Crippen molar-refractivity contribution < 1.29 is 14.6 Å². The Balaban J connectivity index is 2.50. The Hall–Kier alpha value is -1.22. The maximum Gasteiger partial charge on any atom is 0.335 e. The van der Waals surface area contributed by atoms with Crippen molar-refractivity contribution in [2.75, 3.05) is 0 Å². The van der Waals surface area contributed by atoms with Gasteiger partial charge in [-0.25, -0.2) is 4.79 Å². The maximum absolute atomic E-state index is 10.8. The molecule has 0 fully saturated rings. The smallest absolute Gasteiger partial charge is 0.335 e. The highest BCUT2D eigenvalue weighted by atomic mass is 35.5. The van der Waals surface area contributed by atoms with Gasteiger partial charge in [0.1, 0.15) is 5.75 Å². The molecule has 1 aromatic carbocycles. The third-order valence-electron chi connectivity index (χ3n) is 2.97. The Morgan fingerprint density at radius 1 is 1.37 bits per heavy atom. The monoisotopic (exact) mass is 284 g/mol. The Bertz CT molecular complexity index is 418. The zero-order chi connectivity index (χ0) is 14.3. The number of carboxylic acid groups (broad SMARTS) is 1. The van der Waals surface area contributed by atoms with Crippen LogP contribution in [0.15, 0.2) is 18.2 Å². The minimum atomic E-state index is -0.985. The fraction of sp³-hybridized carbons (Fsp3) is 0.533. The lowest BCUT2D eigenvalue weighted by molar-refractivity contribution is 0.0697. The second-order valence-electron chi connectivity index (χ2n) is 4.73. The predicted octanol–water partition coefficient (Wildman–Crippen LogP) is 4.78. The molecule has 1 aromatic rings. The van der Waals surface area contributed by atoms with Crippen molar-refractivity contribution >= 4 is 17.6 Å². The summed E-state index contributed by atoms with van der Waals surface area (Å²) in [5.41, 5.74) is 0.174. The molecule has 0 aromatic heterocycles. The Labute approximate surface area is 119 Å². The molecule has 19 heavy (non-hydrogen) atoms. The lowest BCUT2D eigenvalue weighted by Gasteiger charge is -2.15. The highest BCUT2D eigenvalue weighted by molar-refractivity contribution is 6.32. The molecule has 1 atom stereocenters. The molecular formula is C15H21ClO3. The first-order chi connectivity index (χ1) is 9.04. The van der Waals surface area contributed by atoms with Gasteiger partial charge >= 0.3 is 5.97 Å². The van der Waals surface area contributed by atoms with E-state index in [4.69, 9.17) is 21.4 Å². The van der Waals surface area contributed by atoms with Gasteiger partial charge in [-0.1, -0.05) is 37.8 Å². The van der Waals surface area contributed by atoms with Crippen LogP contribution in [-0.4, -0.2) is 17.2 Å². The summed E-state index contributed by atoms with van der Waals surface area (Å²) in [5.74, 6) is -0.435. The van der Waals surface area contributed by atoms with Gasteiger partial charge in [0.25, 0.3) is 0 Å². The number of aromatic carboxylic acids is 1. The summed E-state index contributed by atoms with van der Waals surface area (Å²) < 4.78 is 5.74. The number of benzene rings is 1. The Morgan fingerprint density at radius 2 is 2.11 bits per heavy atom. The zero-order valence-electron chi connectivity index (χ0n) is 11.5. The van der Waals surface area contributed by atoms with E-state index in [0.717, 1.165) is 12.8 Å². The third kappa shape index (κ3) is 5.52. The van der Waals surface area contributed by atoms with E-state index in [9.17, 15) is 4.79 Å². The van der Waals surface area contributed by atoms with Gasteiger partial charge in [0.2, 0.25) is 0 Å². The molecule has 3 nitrogen and oxygen atoms in total. The van der Waals surface area contributed by atoms with E-state index in [1.54, 1.807) is 6.07 Å². The van der Waals surface area contributed by atoms with Gasteiger partial charge in [-0.3, -0.25) is 0 Å². The highest BCUT2D eigenvalue weighted by Gasteiger charge is 2.10. The summed E-state index contributed by atoms with van der Waals surface area (Å²) >= 11 is 6.01. The second kappa shape index (κ2) is 8.05. The molecule has 0 aliphatic rings. The van der Waals surface area contributed by atoms with Crippen molar-refractivity contribution in [2.24, 2.45) is 0 Å². The Morgan fingerprint density at radius 3 is 2.68 bits per heavy atom. The van der Waals surface area contributed by atoms with Crippen LogP contribution in [0.1, 0.15) is 56.3 Å². The summed E-state index contributed by atoms with van der Waals surface area (Å²) in [5, 5.41) is 9.20. The van der Waals surface area contributed by atoms with Crippen molar-refractivity contribution in [3.05, 3.63) is 28.8 Å². The third-order valence-corrected chi connectivity index (χ3v) is 3.27. The van der Waals surface area contributed by atoms with Crippen LogP contribution in [-0.2, 0) is 0 Å². The van der Waals surface area contributed by atoms with Crippen LogP contribution in [0.2, 0.25) is 5.02 Å². The van der Waals surface area contributed by atoms with Crippen molar-refractivity contribution in [3.8, 4) is 5.75 Å². The van der Waals surface area contributed by atoms with Crippen LogP contribution in [0.3, 0.4) is 0 Å². The largest absolute Gasteiger partial charge is 0.489 e. The van der Waals surface area contributed by atoms with Gasteiger partial charge < -0.3 is 9.84 Å². The zero-order valence-corrected chi connectivity index (χ0v) is 12.2. The number of ether oxygens (including phenoxy) is 1. The summed E-state index contributed by atoms with van der Waals surface area (Å²) in [6.07, 6.45) is 5.90. The van der Waals surface area contributed by atoms with E-state index in [-0.39, 0.29) is 11.7 Å². The summed E-state index contributed by atoms with van der Waals surface area (Å²) in [4.78, 5) is 10.8. The van der Waals surface area contributed by atoms with Crippen molar-refractivity contribution in [1.82, 2.24) is 0 Å². The van der Waals surface area contributed by atoms with E-state index in [1.807, 2.05) is 6.92 Å². The molecule has 0 spiro atoms. The van der Waals surface area contributed by atoms with E-state index < -0.39 is 5.97 Å². The molecule has 4 heteroatoms. The fourth-order valence-electron chi connectivity index (χ4n) is 1.86. The molecule has 0 saturated carbocycles. The minimum Gasteiger partial charge on any atom is -0.489 e. The van der Waals surface area contributed by atoms with Gasteiger partial charge in [0.05, 0.1) is 16.7 Å². The predicted molar refractivity (Wildman–Crippen MR) is 77.3 cm³/mol. The maximum atomic E-state index is 10.8. The number of hydrogen-bond acceptors (Lipinski definition) is 2. The normalized spacial score (nSPS) is 12.2. The molecule has 0 aliphatic carbocycles. The molecule has 1 N–H and O–H groups in total. The first-order valence-corrected chi connectivity index (χ1v) is 7.12. The molecule has 0 saturated heterocycles. The van der Waals surface area contributed by atoms with Crippen LogP contribution in [0.25, 0.3) is 0 Å². The summed E-state index contributed by atoms with van der Waals surface area (Å²) in [7, 11) is 0. The van der Waals surface area contributed by atoms with Crippen molar-refractivity contribution in [3.63, 3.8) is 0 Å². The van der Waals surface area contributed by atoms with E-state index >= 15 is 0 Å². The van der Waals surface area contributed by atoms with E-state index in [2.05, 4.69) is 6.92 Å². The van der Waals surface area contributed by atoms with Gasteiger partial charge in [-0.2, -0.15) is 0 Å². The molecular weight excluding hydrogens is 264 g/mol. The molecule has 0 bridgehead atoms. The summed E-state index contributed by atoms with van der Waals surface area (Å²) in [6, 6.07) is 4.55. The minimum absolute atomic E-state index is 0.0880. The fourth-order valence-corrected chi connectivity index (χ4v) is 2.09. The number of carbonyl (C=O) groups is 1. The van der Waals surface area contributed by atoms with Crippen LogP contribution in [0.5, 0.6) is 5.75 Å². The van der Waals surface area contributed by atoms with Crippen LogP contribution < -0.4 is 4.74 Å². The van der Waals surface area contributed by atoms with E-state index in [0.29, 0.717) is 10.8 Å². The van der Waals surface area contributed by atoms with Gasteiger partial charge in [0, 0.05) is 0 Å². The average Bonchev–Trinajstić information content (AvgIpc) is 2.37. The molecule has 1 rings (SSSR count). The van der Waals surface area contributed by atoms with E-state index in [1.165, 1.54) is 31.4 Å². The van der Waals surface area contributed by atoms with Crippen LogP contribution >= 0.6 is 11.6 Å². The molecule has 0 radical (unpaired) electrons. The van der Waals surface area contributed by atoms with Crippen molar-refractivity contribution in [2.45, 2.75) is 52.1 Å². The van der Waals surface area contributed by atoms with Crippen LogP contribution in [0, 0.1) is 0 Å². The molecule has 106 valence electrons. The number of halogens is 1. The van der Waals surface area contributed by atoms with Gasteiger partial charge in [-0.05, 0) is 38.0 Å². The topological polar surface area (TPSA) is 46.5 Å². The molecule has 0 aliphatic heterocycles. The standard InChI is InChI=1S/C15H21ClO3/c1-3-4-5-6-7-11(2)19-14-9-8-12(15(17)18)10-13(14)16/h8-11H,3-7H2,1-2H3,(H,17,18)/t11-/m1/s1. The molecule has 0 unspecified atom stereocenters. The number of hydrogen-bond donors (Lipinski definition) is 1. The first-order valence-electron chi connectivity index (χ1n) is 6.74. The number of rotatable bonds is 8. The first kappa shape index (κ1) is 15.8. The second-order valence-corrected chi connectivity index (χ2v) is 5.14. The van der Waals surface area contributed by atoms with Gasteiger partial charge in [-0.15, -0.1) is 0 Å². The number of unbranched alkanes of at least 4 members (excludes halogenated alkanes) is 3. The van der Waals surface area contributed by atoms with Crippen LogP contribution in [0.4, 0.5) is 0 Å². The quantitative estimate of drug-likeness (QED) is 0.699. The SMILES string of the molecule is CCCCCC[C@@H](C)Oc1ccc(C(=O)O)cc1Cl. The lowest BCUT2D eigenvalue weighted by Crippen LogP contribution is -2.12. The Kier molecular flexibility index (Phi) is 6.71. The lowest BCUT2D eigenvalue weighted by atomic mass is 10.1. The molecule has 0 amide bonds.